The van der Waals surface area contributed by atoms with Gasteiger partial charge in [0.1, 0.15) is 16.4 Å². The smallest absolute Gasteiger partial charge is 0.225 e. The molecule has 1 aliphatic rings. The summed E-state index contributed by atoms with van der Waals surface area (Å²) in [7, 11) is -2.07. The van der Waals surface area contributed by atoms with Gasteiger partial charge in [-0.25, -0.2) is 13.4 Å². The summed E-state index contributed by atoms with van der Waals surface area (Å²) >= 11 is 0. The van der Waals surface area contributed by atoms with E-state index in [0.29, 0.717) is 17.7 Å². The van der Waals surface area contributed by atoms with Crippen molar-refractivity contribution in [3.63, 3.8) is 0 Å². The van der Waals surface area contributed by atoms with Crippen molar-refractivity contribution in [3.8, 4) is 17.2 Å². The Bertz CT molecular complexity index is 956. The Morgan fingerprint density at radius 2 is 1.93 bits per heavy atom. The van der Waals surface area contributed by atoms with Gasteiger partial charge < -0.3 is 20.5 Å². The van der Waals surface area contributed by atoms with Crippen molar-refractivity contribution in [2.75, 3.05) is 24.4 Å². The molecule has 27 heavy (non-hydrogen) atoms. The first-order valence-corrected chi connectivity index (χ1v) is 10.6. The van der Waals surface area contributed by atoms with Crippen LogP contribution in [0, 0.1) is 0 Å². The van der Waals surface area contributed by atoms with Gasteiger partial charge in [0, 0.05) is 23.9 Å². The molecule has 1 aromatic heterocycles. The topological polar surface area (TPSA) is 116 Å². The van der Waals surface area contributed by atoms with E-state index in [1.54, 1.807) is 6.07 Å². The van der Waals surface area contributed by atoms with Crippen LogP contribution >= 0.6 is 0 Å². The van der Waals surface area contributed by atoms with Crippen LogP contribution in [0.15, 0.2) is 23.2 Å². The Hall–Kier alpha value is -2.55. The fraction of sp³-hybridized carbons (Fsp3) is 0.444. The third-order valence-electron chi connectivity index (χ3n) is 4.23. The van der Waals surface area contributed by atoms with Gasteiger partial charge in [-0.1, -0.05) is 13.8 Å². The van der Waals surface area contributed by atoms with E-state index in [2.05, 4.69) is 15.3 Å². The molecule has 8 nitrogen and oxygen atoms in total. The minimum Gasteiger partial charge on any atom is -0.495 e. The second-order valence-electron chi connectivity index (χ2n) is 6.93. The molecule has 1 heterocycles. The van der Waals surface area contributed by atoms with E-state index in [1.807, 2.05) is 13.8 Å². The maximum Gasteiger partial charge on any atom is 0.225 e. The highest BCUT2D eigenvalue weighted by atomic mass is 32.2. The Balaban J connectivity index is 1.99. The van der Waals surface area contributed by atoms with Crippen molar-refractivity contribution in [1.82, 2.24) is 9.97 Å². The number of benzene rings is 1. The number of aromatic nitrogens is 2. The van der Waals surface area contributed by atoms with Crippen molar-refractivity contribution < 1.29 is 17.9 Å². The molecule has 0 atom stereocenters. The van der Waals surface area contributed by atoms with Crippen LogP contribution in [-0.4, -0.2) is 37.8 Å². The van der Waals surface area contributed by atoms with E-state index >= 15 is 0 Å². The van der Waals surface area contributed by atoms with Crippen LogP contribution < -0.4 is 20.5 Å². The molecule has 0 unspecified atom stereocenters. The number of nitrogen functional groups attached to an aromatic ring is 1. The lowest BCUT2D eigenvalue weighted by Gasteiger charge is -2.18. The SMILES string of the molecule is COc1cc(C(C)C)c(Oc2cnc(NC3CC3)nc2N)cc1S(C)(=O)=O. The Labute approximate surface area is 159 Å². The van der Waals surface area contributed by atoms with Crippen LogP contribution in [-0.2, 0) is 9.84 Å². The molecule has 1 aromatic carbocycles. The number of nitrogens with two attached hydrogens (primary N) is 1. The summed E-state index contributed by atoms with van der Waals surface area (Å²) in [5.41, 5.74) is 6.80. The fourth-order valence-corrected chi connectivity index (χ4v) is 3.44. The summed E-state index contributed by atoms with van der Waals surface area (Å²) in [5, 5.41) is 3.17. The highest BCUT2D eigenvalue weighted by molar-refractivity contribution is 7.90. The third-order valence-corrected chi connectivity index (χ3v) is 5.35. The van der Waals surface area contributed by atoms with Gasteiger partial charge >= 0.3 is 0 Å². The van der Waals surface area contributed by atoms with Crippen molar-refractivity contribution >= 4 is 21.6 Å². The van der Waals surface area contributed by atoms with Crippen molar-refractivity contribution in [1.29, 1.82) is 0 Å². The van der Waals surface area contributed by atoms with E-state index in [4.69, 9.17) is 15.2 Å². The van der Waals surface area contributed by atoms with Crippen molar-refractivity contribution in [3.05, 3.63) is 23.9 Å². The second kappa shape index (κ2) is 7.22. The Morgan fingerprint density at radius 1 is 1.22 bits per heavy atom. The van der Waals surface area contributed by atoms with Crippen molar-refractivity contribution in [2.45, 2.75) is 43.5 Å². The van der Waals surface area contributed by atoms with Gasteiger partial charge in [-0.2, -0.15) is 4.98 Å². The van der Waals surface area contributed by atoms with E-state index in [1.165, 1.54) is 19.4 Å². The molecule has 1 fully saturated rings. The van der Waals surface area contributed by atoms with Gasteiger partial charge in [0.2, 0.25) is 5.95 Å². The lowest BCUT2D eigenvalue weighted by atomic mass is 10.0. The quantitative estimate of drug-likeness (QED) is 0.739. The molecule has 9 heteroatoms. The molecular weight excluding hydrogens is 368 g/mol. The van der Waals surface area contributed by atoms with Crippen LogP contribution in [0.4, 0.5) is 11.8 Å². The number of ether oxygens (including phenoxy) is 2. The molecule has 2 aromatic rings. The molecule has 0 spiro atoms. The summed E-state index contributed by atoms with van der Waals surface area (Å²) in [6.07, 6.45) is 4.81. The molecule has 0 saturated heterocycles. The third kappa shape index (κ3) is 4.41. The van der Waals surface area contributed by atoms with Gasteiger partial charge in [0.15, 0.2) is 21.4 Å². The zero-order valence-corrected chi connectivity index (χ0v) is 16.6. The number of hydrogen-bond donors (Lipinski definition) is 2. The molecular formula is C18H24N4O4S. The Morgan fingerprint density at radius 3 is 2.44 bits per heavy atom. The first kappa shape index (κ1) is 19.2. The molecule has 0 aliphatic heterocycles. The first-order chi connectivity index (χ1) is 12.7. The number of methoxy groups -OCH3 is 1. The predicted molar refractivity (Wildman–Crippen MR) is 103 cm³/mol. The minimum absolute atomic E-state index is 0.0518. The van der Waals surface area contributed by atoms with E-state index in [0.717, 1.165) is 24.7 Å². The molecule has 146 valence electrons. The monoisotopic (exact) mass is 392 g/mol. The fourth-order valence-electron chi connectivity index (χ4n) is 2.61. The average Bonchev–Trinajstić information content (AvgIpc) is 3.39. The first-order valence-electron chi connectivity index (χ1n) is 8.68. The van der Waals surface area contributed by atoms with E-state index in [9.17, 15) is 8.42 Å². The molecule has 3 rings (SSSR count). The summed E-state index contributed by atoms with van der Waals surface area (Å²) in [4.78, 5) is 8.49. The Kier molecular flexibility index (Phi) is 5.14. The van der Waals surface area contributed by atoms with Gasteiger partial charge in [0.05, 0.1) is 13.3 Å². The molecule has 0 amide bonds. The largest absolute Gasteiger partial charge is 0.495 e. The summed E-state index contributed by atoms with van der Waals surface area (Å²) in [5.74, 6) is 1.63. The zero-order valence-electron chi connectivity index (χ0n) is 15.8. The number of anilines is 2. The summed E-state index contributed by atoms with van der Waals surface area (Å²) in [6, 6.07) is 3.54. The maximum atomic E-state index is 12.1. The number of rotatable bonds is 7. The van der Waals surface area contributed by atoms with Crippen LogP contribution in [0.3, 0.4) is 0 Å². The van der Waals surface area contributed by atoms with Gasteiger partial charge in [-0.05, 0) is 24.8 Å². The predicted octanol–water partition coefficient (Wildman–Crippen LogP) is 2.96. The molecule has 1 saturated carbocycles. The normalized spacial score (nSPS) is 14.3. The van der Waals surface area contributed by atoms with Crippen LogP contribution in [0.25, 0.3) is 0 Å². The molecule has 3 N–H and O–H groups in total. The van der Waals surface area contributed by atoms with Crippen LogP contribution in [0.2, 0.25) is 0 Å². The van der Waals surface area contributed by atoms with Crippen molar-refractivity contribution in [2.24, 2.45) is 0 Å². The lowest BCUT2D eigenvalue weighted by molar-refractivity contribution is 0.398. The average molecular weight is 392 g/mol. The van der Waals surface area contributed by atoms with Gasteiger partial charge in [-0.15, -0.1) is 0 Å². The minimum atomic E-state index is -3.50. The summed E-state index contributed by atoms with van der Waals surface area (Å²) in [6.45, 7) is 3.95. The highest BCUT2D eigenvalue weighted by Crippen LogP contribution is 2.39. The molecule has 0 radical (unpaired) electrons. The second-order valence-corrected chi connectivity index (χ2v) is 8.92. The highest BCUT2D eigenvalue weighted by Gasteiger charge is 2.23. The number of nitrogens with zero attached hydrogens (tertiary/aromatic N) is 2. The van der Waals surface area contributed by atoms with Crippen LogP contribution in [0.5, 0.6) is 17.2 Å². The summed E-state index contributed by atoms with van der Waals surface area (Å²) < 4.78 is 35.4. The number of nitrogens with one attached hydrogen (secondary N) is 1. The number of sulfone groups is 1. The molecule has 1 aliphatic carbocycles. The van der Waals surface area contributed by atoms with Gasteiger partial charge in [-0.3, -0.25) is 0 Å². The standard InChI is InChI=1S/C18H24N4O4S/c1-10(2)12-7-14(25-3)16(27(4,23)24)8-13(12)26-15-9-20-18(22-17(15)19)21-11-5-6-11/h7-11H,5-6H2,1-4H3,(H3,19,20,21,22). The lowest BCUT2D eigenvalue weighted by Crippen LogP contribution is -2.08. The van der Waals surface area contributed by atoms with E-state index < -0.39 is 9.84 Å². The van der Waals surface area contributed by atoms with Gasteiger partial charge in [0.25, 0.3) is 0 Å². The van der Waals surface area contributed by atoms with Crippen LogP contribution in [0.1, 0.15) is 38.2 Å². The van der Waals surface area contributed by atoms with E-state index in [-0.39, 0.29) is 28.1 Å². The molecule has 0 bridgehead atoms. The maximum absolute atomic E-state index is 12.1. The number of hydrogen-bond acceptors (Lipinski definition) is 8. The zero-order chi connectivity index (χ0) is 19.8.